The fourth-order valence-corrected chi connectivity index (χ4v) is 2.82. The summed E-state index contributed by atoms with van der Waals surface area (Å²) in [6.07, 6.45) is 0.00546. The van der Waals surface area contributed by atoms with Crippen LogP contribution in [0, 0.1) is 18.3 Å². The van der Waals surface area contributed by atoms with Crippen LogP contribution in [0.25, 0.3) is 0 Å². The predicted molar refractivity (Wildman–Crippen MR) is 66.5 cm³/mol. The lowest BCUT2D eigenvalue weighted by atomic mass is 10.1. The fourth-order valence-electron chi connectivity index (χ4n) is 2.82. The van der Waals surface area contributed by atoms with Gasteiger partial charge in [-0.2, -0.15) is 5.26 Å². The van der Waals surface area contributed by atoms with E-state index in [-0.39, 0.29) is 18.8 Å². The summed E-state index contributed by atoms with van der Waals surface area (Å²) in [5, 5.41) is 18.4. The Labute approximate surface area is 116 Å². The van der Waals surface area contributed by atoms with Crippen LogP contribution in [-0.2, 0) is 14.2 Å². The molecule has 2 aliphatic rings. The smallest absolute Gasteiger partial charge is 0.164 e. The summed E-state index contributed by atoms with van der Waals surface area (Å²) in [5.74, 6) is -0.711. The Morgan fingerprint density at radius 3 is 2.75 bits per heavy atom. The molecule has 108 valence electrons. The maximum Gasteiger partial charge on any atom is 0.164 e. The van der Waals surface area contributed by atoms with E-state index in [9.17, 15) is 5.11 Å². The van der Waals surface area contributed by atoms with Crippen molar-refractivity contribution in [3.63, 3.8) is 0 Å². The number of ether oxygens (including phenoxy) is 3. The molecule has 20 heavy (non-hydrogen) atoms. The number of aliphatic hydroxyl groups is 1. The van der Waals surface area contributed by atoms with Crippen molar-refractivity contribution in [2.24, 2.45) is 0 Å². The van der Waals surface area contributed by atoms with Gasteiger partial charge in [-0.15, -0.1) is 0 Å². The molecule has 7 heteroatoms. The predicted octanol–water partition coefficient (Wildman–Crippen LogP) is 0.473. The Bertz CT molecular complexity index is 562. The number of nitriles is 1. The molecule has 3 heterocycles. The molecule has 1 aromatic rings. The van der Waals surface area contributed by atoms with Gasteiger partial charge in [-0.25, -0.2) is 4.98 Å². The molecule has 0 aromatic carbocycles. The van der Waals surface area contributed by atoms with Crippen LogP contribution in [0.1, 0.15) is 31.5 Å². The maximum atomic E-state index is 9.43. The quantitative estimate of drug-likeness (QED) is 0.846. The summed E-state index contributed by atoms with van der Waals surface area (Å²) in [7, 11) is 0. The number of fused-ring (bicyclic) bond motifs is 1. The summed E-state index contributed by atoms with van der Waals surface area (Å²) < 4.78 is 19.2. The lowest BCUT2D eigenvalue weighted by Gasteiger charge is -2.24. The molecule has 0 bridgehead atoms. The molecule has 7 nitrogen and oxygen atoms in total. The zero-order chi connectivity index (χ0) is 14.5. The molecule has 4 atom stereocenters. The Morgan fingerprint density at radius 1 is 1.45 bits per heavy atom. The summed E-state index contributed by atoms with van der Waals surface area (Å²) in [6.45, 7) is 5.32. The molecule has 2 fully saturated rings. The van der Waals surface area contributed by atoms with Crippen molar-refractivity contribution >= 4 is 0 Å². The standard InChI is InChI=1S/C13H17N3O4/c1-7-8(4-14)15-6-16(7)12-11-10(9(5-17)18-12)19-13(2,3)20-11/h6,9-12,17H,5H2,1-3H3/t9-,10-,11-,12-/m1/s1. The van der Waals surface area contributed by atoms with Gasteiger partial charge in [0.2, 0.25) is 0 Å². The monoisotopic (exact) mass is 279 g/mol. The van der Waals surface area contributed by atoms with E-state index in [1.165, 1.54) is 0 Å². The van der Waals surface area contributed by atoms with E-state index in [1.54, 1.807) is 17.8 Å². The molecular formula is C13H17N3O4. The second-order valence-electron chi connectivity index (χ2n) is 5.51. The van der Waals surface area contributed by atoms with Crippen LogP contribution in [0.4, 0.5) is 0 Å². The molecule has 1 N–H and O–H groups in total. The largest absolute Gasteiger partial charge is 0.394 e. The highest BCUT2D eigenvalue weighted by Crippen LogP contribution is 2.43. The Hall–Kier alpha value is -1.46. The molecule has 3 rings (SSSR count). The molecular weight excluding hydrogens is 262 g/mol. The van der Waals surface area contributed by atoms with Crippen molar-refractivity contribution in [3.05, 3.63) is 17.7 Å². The Kier molecular flexibility index (Phi) is 3.06. The fraction of sp³-hybridized carbons (Fsp3) is 0.692. The van der Waals surface area contributed by atoms with Crippen LogP contribution in [0.3, 0.4) is 0 Å². The minimum Gasteiger partial charge on any atom is -0.394 e. The van der Waals surface area contributed by atoms with Gasteiger partial charge in [-0.1, -0.05) is 0 Å². The first kappa shape index (κ1) is 13.5. The average Bonchev–Trinajstić information content (AvgIpc) is 3.00. The normalized spacial score (nSPS) is 35.0. The molecule has 0 spiro atoms. The highest BCUT2D eigenvalue weighted by atomic mass is 16.8. The third kappa shape index (κ3) is 1.93. The van der Waals surface area contributed by atoms with Crippen LogP contribution in [0.5, 0.6) is 0 Å². The van der Waals surface area contributed by atoms with Gasteiger partial charge < -0.3 is 23.9 Å². The van der Waals surface area contributed by atoms with E-state index in [0.717, 1.165) is 0 Å². The van der Waals surface area contributed by atoms with Crippen LogP contribution in [0.2, 0.25) is 0 Å². The van der Waals surface area contributed by atoms with Crippen molar-refractivity contribution in [2.75, 3.05) is 6.61 Å². The van der Waals surface area contributed by atoms with Crippen molar-refractivity contribution < 1.29 is 19.3 Å². The van der Waals surface area contributed by atoms with Crippen molar-refractivity contribution in [1.29, 1.82) is 5.26 Å². The van der Waals surface area contributed by atoms with Gasteiger partial charge in [0.05, 0.1) is 18.6 Å². The summed E-state index contributed by atoms with van der Waals surface area (Å²) >= 11 is 0. The molecule has 0 unspecified atom stereocenters. The SMILES string of the molecule is Cc1c(C#N)ncn1[C@@H]1O[C@H](CO)[C@H]2OC(C)(C)O[C@H]21. The van der Waals surface area contributed by atoms with Crippen LogP contribution in [-0.4, -0.2) is 45.4 Å². The average molecular weight is 279 g/mol. The molecule has 2 aliphatic heterocycles. The third-order valence-electron chi connectivity index (χ3n) is 3.73. The van der Waals surface area contributed by atoms with E-state index < -0.39 is 18.1 Å². The third-order valence-corrected chi connectivity index (χ3v) is 3.73. The zero-order valence-corrected chi connectivity index (χ0v) is 11.6. The summed E-state index contributed by atoms with van der Waals surface area (Å²) in [4.78, 5) is 4.04. The summed E-state index contributed by atoms with van der Waals surface area (Å²) in [6, 6.07) is 2.03. The van der Waals surface area contributed by atoms with Gasteiger partial charge in [-0.05, 0) is 20.8 Å². The Morgan fingerprint density at radius 2 is 2.15 bits per heavy atom. The van der Waals surface area contributed by atoms with Crippen LogP contribution >= 0.6 is 0 Å². The van der Waals surface area contributed by atoms with Gasteiger partial charge in [0.25, 0.3) is 0 Å². The van der Waals surface area contributed by atoms with Crippen LogP contribution in [0.15, 0.2) is 6.33 Å². The lowest BCUT2D eigenvalue weighted by Crippen LogP contribution is -2.31. The van der Waals surface area contributed by atoms with E-state index in [0.29, 0.717) is 11.4 Å². The Balaban J connectivity index is 1.94. The zero-order valence-electron chi connectivity index (χ0n) is 11.6. The maximum absolute atomic E-state index is 9.43. The topological polar surface area (TPSA) is 89.5 Å². The number of imidazole rings is 1. The minimum absolute atomic E-state index is 0.143. The number of hydrogen-bond acceptors (Lipinski definition) is 6. The number of aromatic nitrogens is 2. The van der Waals surface area contributed by atoms with Crippen LogP contribution < -0.4 is 0 Å². The van der Waals surface area contributed by atoms with Crippen molar-refractivity contribution in [1.82, 2.24) is 9.55 Å². The molecule has 0 amide bonds. The van der Waals surface area contributed by atoms with E-state index in [1.807, 2.05) is 19.9 Å². The number of hydrogen-bond donors (Lipinski definition) is 1. The highest BCUT2D eigenvalue weighted by Gasteiger charge is 2.55. The molecule has 0 radical (unpaired) electrons. The first-order valence-corrected chi connectivity index (χ1v) is 6.52. The molecule has 2 saturated heterocycles. The number of nitrogens with zero attached hydrogens (tertiary/aromatic N) is 3. The lowest BCUT2D eigenvalue weighted by molar-refractivity contribution is -0.200. The highest BCUT2D eigenvalue weighted by molar-refractivity contribution is 5.26. The second-order valence-corrected chi connectivity index (χ2v) is 5.51. The van der Waals surface area contributed by atoms with Gasteiger partial charge >= 0.3 is 0 Å². The number of rotatable bonds is 2. The van der Waals surface area contributed by atoms with Gasteiger partial charge in [-0.3, -0.25) is 0 Å². The first-order chi connectivity index (χ1) is 9.46. The summed E-state index contributed by atoms with van der Waals surface area (Å²) in [5.41, 5.74) is 1.07. The van der Waals surface area contributed by atoms with E-state index >= 15 is 0 Å². The van der Waals surface area contributed by atoms with E-state index in [4.69, 9.17) is 19.5 Å². The number of aliphatic hydroxyl groups excluding tert-OH is 1. The van der Waals surface area contributed by atoms with Crippen molar-refractivity contribution in [2.45, 2.75) is 51.1 Å². The molecule has 0 saturated carbocycles. The van der Waals surface area contributed by atoms with Gasteiger partial charge in [0, 0.05) is 0 Å². The van der Waals surface area contributed by atoms with Crippen molar-refractivity contribution in [3.8, 4) is 6.07 Å². The second kappa shape index (κ2) is 4.53. The minimum atomic E-state index is -0.711. The molecule has 1 aromatic heterocycles. The first-order valence-electron chi connectivity index (χ1n) is 6.52. The van der Waals surface area contributed by atoms with Gasteiger partial charge in [0.1, 0.15) is 24.4 Å². The molecule has 0 aliphatic carbocycles. The van der Waals surface area contributed by atoms with E-state index in [2.05, 4.69) is 4.98 Å². The van der Waals surface area contributed by atoms with Gasteiger partial charge in [0.15, 0.2) is 17.7 Å².